The number of carbonyl (C=O) groups excluding carboxylic acids is 2. The lowest BCUT2D eigenvalue weighted by Gasteiger charge is -2.15. The van der Waals surface area contributed by atoms with Crippen molar-refractivity contribution in [1.29, 1.82) is 0 Å². The first-order valence-electron chi connectivity index (χ1n) is 4.27. The predicted octanol–water partition coefficient (Wildman–Crippen LogP) is 0.979. The van der Waals surface area contributed by atoms with Crippen LogP contribution in [0.3, 0.4) is 0 Å². The molecule has 0 atom stereocenters. The van der Waals surface area contributed by atoms with E-state index in [4.69, 9.17) is 9.47 Å². The predicted molar refractivity (Wildman–Crippen MR) is 49.4 cm³/mol. The van der Waals surface area contributed by atoms with Gasteiger partial charge in [-0.25, -0.2) is 0 Å². The Kier molecular flexibility index (Phi) is 3.06. The van der Waals surface area contributed by atoms with Crippen molar-refractivity contribution in [3.8, 4) is 0 Å². The molecule has 0 radical (unpaired) electrons. The van der Waals surface area contributed by atoms with Gasteiger partial charge >= 0.3 is 0 Å². The Morgan fingerprint density at radius 2 is 1.86 bits per heavy atom. The largest absolute Gasteiger partial charge is 0.492 e. The third-order valence-corrected chi connectivity index (χ3v) is 2.04. The van der Waals surface area contributed by atoms with Gasteiger partial charge in [0.25, 0.3) is 5.78 Å². The molecule has 4 heteroatoms. The zero-order chi connectivity index (χ0) is 10.7. The molecule has 1 aliphatic rings. The summed E-state index contributed by atoms with van der Waals surface area (Å²) in [4.78, 5) is 23.0. The zero-order valence-corrected chi connectivity index (χ0v) is 8.42. The van der Waals surface area contributed by atoms with Gasteiger partial charge in [-0.3, -0.25) is 9.59 Å². The van der Waals surface area contributed by atoms with Crippen molar-refractivity contribution in [1.82, 2.24) is 0 Å². The SMILES string of the molecule is CCC1=C(OC)C(=O)C(OC)=CC1=O. The number of ketones is 2. The molecule has 0 amide bonds. The quantitative estimate of drug-likeness (QED) is 0.631. The van der Waals surface area contributed by atoms with Crippen LogP contribution in [0.1, 0.15) is 13.3 Å². The van der Waals surface area contributed by atoms with E-state index in [1.807, 2.05) is 0 Å². The normalized spacial score (nSPS) is 16.9. The Hall–Kier alpha value is -1.58. The van der Waals surface area contributed by atoms with E-state index in [0.29, 0.717) is 12.0 Å². The second-order valence-electron chi connectivity index (χ2n) is 2.77. The summed E-state index contributed by atoms with van der Waals surface area (Å²) >= 11 is 0. The van der Waals surface area contributed by atoms with Crippen molar-refractivity contribution >= 4 is 11.6 Å². The van der Waals surface area contributed by atoms with Gasteiger partial charge in [-0.1, -0.05) is 6.92 Å². The van der Waals surface area contributed by atoms with E-state index in [1.165, 1.54) is 20.3 Å². The number of allylic oxidation sites excluding steroid dienone is 2. The summed E-state index contributed by atoms with van der Waals surface area (Å²) in [6, 6.07) is 0. The van der Waals surface area contributed by atoms with Crippen molar-refractivity contribution in [3.05, 3.63) is 23.2 Å². The van der Waals surface area contributed by atoms with Gasteiger partial charge in [-0.15, -0.1) is 0 Å². The fourth-order valence-corrected chi connectivity index (χ4v) is 1.33. The van der Waals surface area contributed by atoms with E-state index in [2.05, 4.69) is 0 Å². The smallest absolute Gasteiger partial charge is 0.262 e. The highest BCUT2D eigenvalue weighted by Gasteiger charge is 2.29. The summed E-state index contributed by atoms with van der Waals surface area (Å²) in [7, 11) is 2.72. The molecular weight excluding hydrogens is 184 g/mol. The van der Waals surface area contributed by atoms with Crippen molar-refractivity contribution in [2.75, 3.05) is 14.2 Å². The number of carbonyl (C=O) groups is 2. The van der Waals surface area contributed by atoms with E-state index in [1.54, 1.807) is 6.92 Å². The minimum Gasteiger partial charge on any atom is -0.492 e. The molecule has 0 unspecified atom stereocenters. The van der Waals surface area contributed by atoms with Crippen LogP contribution < -0.4 is 0 Å². The topological polar surface area (TPSA) is 52.6 Å². The van der Waals surface area contributed by atoms with Gasteiger partial charge in [0.2, 0.25) is 0 Å². The molecule has 1 aliphatic carbocycles. The molecule has 0 aromatic heterocycles. The van der Waals surface area contributed by atoms with Gasteiger partial charge in [0.15, 0.2) is 17.3 Å². The average Bonchev–Trinajstić information content (AvgIpc) is 2.20. The van der Waals surface area contributed by atoms with Crippen LogP contribution in [0.15, 0.2) is 23.2 Å². The van der Waals surface area contributed by atoms with Crippen LogP contribution in [-0.4, -0.2) is 25.8 Å². The molecule has 0 fully saturated rings. The molecule has 0 saturated heterocycles. The van der Waals surface area contributed by atoms with Crippen LogP contribution in [0, 0.1) is 0 Å². The van der Waals surface area contributed by atoms with Crippen LogP contribution in [0.2, 0.25) is 0 Å². The summed E-state index contributed by atoms with van der Waals surface area (Å²) < 4.78 is 9.67. The summed E-state index contributed by atoms with van der Waals surface area (Å²) in [5.74, 6) is -0.465. The fourth-order valence-electron chi connectivity index (χ4n) is 1.33. The van der Waals surface area contributed by atoms with Crippen molar-refractivity contribution < 1.29 is 19.1 Å². The Bertz CT molecular complexity index is 336. The molecule has 14 heavy (non-hydrogen) atoms. The number of hydrogen-bond acceptors (Lipinski definition) is 4. The molecule has 0 N–H and O–H groups in total. The van der Waals surface area contributed by atoms with Gasteiger partial charge in [0.05, 0.1) is 14.2 Å². The monoisotopic (exact) mass is 196 g/mol. The van der Waals surface area contributed by atoms with Crippen LogP contribution in [0.4, 0.5) is 0 Å². The highest BCUT2D eigenvalue weighted by molar-refractivity contribution is 6.20. The molecule has 0 bridgehead atoms. The second-order valence-corrected chi connectivity index (χ2v) is 2.77. The molecule has 4 nitrogen and oxygen atoms in total. The van der Waals surface area contributed by atoms with Gasteiger partial charge < -0.3 is 9.47 Å². The summed E-state index contributed by atoms with van der Waals surface area (Å²) in [6.45, 7) is 1.80. The molecule has 76 valence electrons. The van der Waals surface area contributed by atoms with Gasteiger partial charge in [-0.05, 0) is 6.42 Å². The molecule has 1 rings (SSSR count). The number of rotatable bonds is 3. The molecule has 0 aromatic carbocycles. The lowest BCUT2D eigenvalue weighted by molar-refractivity contribution is -0.120. The standard InChI is InChI=1S/C10H12O4/c1-4-6-7(11)5-8(13-2)9(12)10(6)14-3/h5H,4H2,1-3H3. The van der Waals surface area contributed by atoms with Crippen LogP contribution in [0.5, 0.6) is 0 Å². The minimum absolute atomic E-state index is 0.0315. The molecular formula is C10H12O4. The highest BCUT2D eigenvalue weighted by atomic mass is 16.5. The first-order valence-corrected chi connectivity index (χ1v) is 4.27. The average molecular weight is 196 g/mol. The Morgan fingerprint density at radius 1 is 1.21 bits per heavy atom. The molecule has 0 saturated carbocycles. The van der Waals surface area contributed by atoms with Crippen molar-refractivity contribution in [3.63, 3.8) is 0 Å². The van der Waals surface area contributed by atoms with Gasteiger partial charge in [0, 0.05) is 11.6 Å². The third-order valence-electron chi connectivity index (χ3n) is 2.04. The Labute approximate surface area is 82.2 Å². The van der Waals surface area contributed by atoms with E-state index in [9.17, 15) is 9.59 Å². The third kappa shape index (κ3) is 1.55. The van der Waals surface area contributed by atoms with Gasteiger partial charge in [-0.2, -0.15) is 0 Å². The lowest BCUT2D eigenvalue weighted by Crippen LogP contribution is -2.21. The highest BCUT2D eigenvalue weighted by Crippen LogP contribution is 2.22. The Balaban J connectivity index is 3.17. The number of methoxy groups -OCH3 is 2. The Morgan fingerprint density at radius 3 is 2.29 bits per heavy atom. The second kappa shape index (κ2) is 4.09. The van der Waals surface area contributed by atoms with Crippen molar-refractivity contribution in [2.24, 2.45) is 0 Å². The van der Waals surface area contributed by atoms with E-state index >= 15 is 0 Å². The van der Waals surface area contributed by atoms with Gasteiger partial charge in [0.1, 0.15) is 0 Å². The first-order chi connectivity index (χ1) is 6.65. The maximum Gasteiger partial charge on any atom is 0.262 e. The summed E-state index contributed by atoms with van der Waals surface area (Å²) in [6.07, 6.45) is 1.67. The number of ether oxygens (including phenoxy) is 2. The minimum atomic E-state index is -0.369. The fraction of sp³-hybridized carbons (Fsp3) is 0.400. The number of hydrogen-bond donors (Lipinski definition) is 0. The molecule has 0 aliphatic heterocycles. The van der Waals surface area contributed by atoms with Crippen LogP contribution in [0.25, 0.3) is 0 Å². The summed E-state index contributed by atoms with van der Waals surface area (Å²) in [5.41, 5.74) is 0.401. The lowest BCUT2D eigenvalue weighted by atomic mass is 9.98. The van der Waals surface area contributed by atoms with Crippen molar-refractivity contribution in [2.45, 2.75) is 13.3 Å². The number of Topliss-reactive ketones (excluding diaryl/α,β-unsaturated/α-hetero) is 1. The van der Waals surface area contributed by atoms with Crippen LogP contribution >= 0.6 is 0 Å². The maximum atomic E-state index is 11.6. The van der Waals surface area contributed by atoms with Crippen LogP contribution in [-0.2, 0) is 19.1 Å². The molecule has 0 heterocycles. The summed E-state index contributed by atoms with van der Waals surface area (Å²) in [5, 5.41) is 0. The maximum absolute atomic E-state index is 11.6. The molecule has 0 aromatic rings. The first kappa shape index (κ1) is 10.5. The zero-order valence-electron chi connectivity index (χ0n) is 8.42. The van der Waals surface area contributed by atoms with E-state index < -0.39 is 0 Å². The van der Waals surface area contributed by atoms with E-state index in [-0.39, 0.29) is 23.1 Å². The molecule has 0 spiro atoms. The van der Waals surface area contributed by atoms with E-state index in [0.717, 1.165) is 0 Å².